The van der Waals surface area contributed by atoms with Gasteiger partial charge in [-0.25, -0.2) is 0 Å². The summed E-state index contributed by atoms with van der Waals surface area (Å²) in [6.45, 7) is 2.15. The minimum absolute atomic E-state index is 0.614. The molecule has 2 heteroatoms. The molecule has 0 bridgehead atoms. The first-order valence-corrected chi connectivity index (χ1v) is 6.09. The first kappa shape index (κ1) is 12.2. The van der Waals surface area contributed by atoms with Gasteiger partial charge in [-0.05, 0) is 29.7 Å². The second kappa shape index (κ2) is 5.88. The van der Waals surface area contributed by atoms with Crippen molar-refractivity contribution in [3.63, 3.8) is 0 Å². The maximum atomic E-state index is 8.69. The van der Waals surface area contributed by atoms with E-state index in [9.17, 15) is 0 Å². The number of nitriles is 1. The topological polar surface area (TPSA) is 33.0 Å². The van der Waals surface area contributed by atoms with Crippen LogP contribution in [-0.4, -0.2) is 0 Å². The number of hydrogen-bond donors (Lipinski definition) is 0. The van der Waals surface area contributed by atoms with Crippen LogP contribution >= 0.6 is 0 Å². The maximum absolute atomic E-state index is 8.69. The Morgan fingerprint density at radius 1 is 1.11 bits per heavy atom. The average Bonchev–Trinajstić information content (AvgIpc) is 2.42. The van der Waals surface area contributed by atoms with Gasteiger partial charge in [0.05, 0.1) is 0 Å². The molecule has 0 aliphatic heterocycles. The molecule has 90 valence electrons. The van der Waals surface area contributed by atoms with E-state index in [4.69, 9.17) is 10.00 Å². The minimum atomic E-state index is 0.614. The Hall–Kier alpha value is -2.27. The molecule has 0 aliphatic carbocycles. The van der Waals surface area contributed by atoms with Crippen LogP contribution in [0.3, 0.4) is 0 Å². The summed E-state index contributed by atoms with van der Waals surface area (Å²) >= 11 is 0. The van der Waals surface area contributed by atoms with Crippen LogP contribution in [0.15, 0.2) is 48.5 Å². The largest absolute Gasteiger partial charge is 0.387 e. The molecule has 0 spiro atoms. The van der Waals surface area contributed by atoms with Gasteiger partial charge < -0.3 is 4.74 Å². The van der Waals surface area contributed by atoms with Gasteiger partial charge in [0.15, 0.2) is 0 Å². The SMILES string of the molecule is CCCc1ccc(OC#N)c(-c2ccccc2)c1. The van der Waals surface area contributed by atoms with Crippen LogP contribution in [0.4, 0.5) is 0 Å². The van der Waals surface area contributed by atoms with E-state index >= 15 is 0 Å². The third-order valence-corrected chi connectivity index (χ3v) is 2.82. The summed E-state index contributed by atoms with van der Waals surface area (Å²) in [5.74, 6) is 0.614. The zero-order valence-electron chi connectivity index (χ0n) is 10.4. The van der Waals surface area contributed by atoms with Gasteiger partial charge in [-0.15, -0.1) is 5.26 Å². The second-order valence-corrected chi connectivity index (χ2v) is 4.14. The molecule has 0 saturated heterocycles. The number of nitrogens with zero attached hydrogens (tertiary/aromatic N) is 1. The molecule has 2 nitrogen and oxygen atoms in total. The summed E-state index contributed by atoms with van der Waals surface area (Å²) in [7, 11) is 0. The van der Waals surface area contributed by atoms with Crippen molar-refractivity contribution in [1.82, 2.24) is 0 Å². The highest BCUT2D eigenvalue weighted by Crippen LogP contribution is 2.31. The van der Waals surface area contributed by atoms with Crippen molar-refractivity contribution in [2.45, 2.75) is 19.8 Å². The van der Waals surface area contributed by atoms with E-state index in [0.29, 0.717) is 5.75 Å². The number of hydrogen-bond acceptors (Lipinski definition) is 2. The third kappa shape index (κ3) is 2.70. The maximum Gasteiger partial charge on any atom is 0.292 e. The standard InChI is InChI=1S/C16H15NO/c1-2-6-13-9-10-16(18-12-17)15(11-13)14-7-4-3-5-8-14/h3-5,7-11H,2,6H2,1H3. The summed E-state index contributed by atoms with van der Waals surface area (Å²) in [5, 5.41) is 8.69. The molecule has 18 heavy (non-hydrogen) atoms. The molecule has 0 unspecified atom stereocenters. The molecule has 2 aromatic rings. The molecule has 0 N–H and O–H groups in total. The van der Waals surface area contributed by atoms with E-state index in [0.717, 1.165) is 24.0 Å². The highest BCUT2D eigenvalue weighted by molar-refractivity contribution is 5.71. The van der Waals surface area contributed by atoms with Crippen molar-refractivity contribution in [2.24, 2.45) is 0 Å². The van der Waals surface area contributed by atoms with Gasteiger partial charge in [-0.1, -0.05) is 49.7 Å². The van der Waals surface area contributed by atoms with Gasteiger partial charge in [0, 0.05) is 5.56 Å². The van der Waals surface area contributed by atoms with Gasteiger partial charge in [0.1, 0.15) is 5.75 Å². The van der Waals surface area contributed by atoms with E-state index in [-0.39, 0.29) is 0 Å². The molecule has 0 radical (unpaired) electrons. The van der Waals surface area contributed by atoms with Crippen molar-refractivity contribution in [3.05, 3.63) is 54.1 Å². The third-order valence-electron chi connectivity index (χ3n) is 2.82. The molecule has 2 rings (SSSR count). The Morgan fingerprint density at radius 3 is 2.56 bits per heavy atom. The Kier molecular flexibility index (Phi) is 3.98. The molecule has 2 aromatic carbocycles. The molecule has 0 amide bonds. The fraction of sp³-hybridized carbons (Fsp3) is 0.188. The molecule has 0 heterocycles. The Labute approximate surface area is 107 Å². The highest BCUT2D eigenvalue weighted by Gasteiger charge is 2.07. The number of benzene rings is 2. The zero-order valence-corrected chi connectivity index (χ0v) is 10.4. The molecular weight excluding hydrogens is 222 g/mol. The van der Waals surface area contributed by atoms with E-state index in [1.165, 1.54) is 5.56 Å². The van der Waals surface area contributed by atoms with E-state index in [1.807, 2.05) is 42.5 Å². The lowest BCUT2D eigenvalue weighted by molar-refractivity contribution is 0.509. The fourth-order valence-electron chi connectivity index (χ4n) is 2.00. The number of ether oxygens (including phenoxy) is 1. The van der Waals surface area contributed by atoms with Crippen LogP contribution in [-0.2, 0) is 6.42 Å². The van der Waals surface area contributed by atoms with Gasteiger partial charge in [0.25, 0.3) is 6.26 Å². The van der Waals surface area contributed by atoms with Crippen molar-refractivity contribution >= 4 is 0 Å². The minimum Gasteiger partial charge on any atom is -0.387 e. The fourth-order valence-corrected chi connectivity index (χ4v) is 2.00. The molecule has 0 aromatic heterocycles. The average molecular weight is 237 g/mol. The Balaban J connectivity index is 2.48. The second-order valence-electron chi connectivity index (χ2n) is 4.14. The van der Waals surface area contributed by atoms with Crippen LogP contribution in [0.5, 0.6) is 5.75 Å². The lowest BCUT2D eigenvalue weighted by Gasteiger charge is -2.09. The lowest BCUT2D eigenvalue weighted by Crippen LogP contribution is -1.90. The van der Waals surface area contributed by atoms with Gasteiger partial charge in [-0.3, -0.25) is 0 Å². The van der Waals surface area contributed by atoms with Gasteiger partial charge >= 0.3 is 0 Å². The van der Waals surface area contributed by atoms with Crippen LogP contribution in [0.1, 0.15) is 18.9 Å². The number of aryl methyl sites for hydroxylation is 1. The van der Waals surface area contributed by atoms with Crippen molar-refractivity contribution in [2.75, 3.05) is 0 Å². The van der Waals surface area contributed by atoms with Crippen LogP contribution in [0, 0.1) is 11.5 Å². The first-order chi connectivity index (χ1) is 8.85. The monoisotopic (exact) mass is 237 g/mol. The smallest absolute Gasteiger partial charge is 0.292 e. The normalized spacial score (nSPS) is 9.78. The predicted molar refractivity (Wildman–Crippen MR) is 72.1 cm³/mol. The van der Waals surface area contributed by atoms with Gasteiger partial charge in [0.2, 0.25) is 0 Å². The van der Waals surface area contributed by atoms with Gasteiger partial charge in [-0.2, -0.15) is 0 Å². The summed E-state index contributed by atoms with van der Waals surface area (Å²) in [6.07, 6.45) is 3.88. The Morgan fingerprint density at radius 2 is 1.89 bits per heavy atom. The van der Waals surface area contributed by atoms with Crippen molar-refractivity contribution in [1.29, 1.82) is 5.26 Å². The summed E-state index contributed by atoms with van der Waals surface area (Å²) in [5.41, 5.74) is 3.31. The van der Waals surface area contributed by atoms with E-state index < -0.39 is 0 Å². The quantitative estimate of drug-likeness (QED) is 0.748. The molecule has 0 atom stereocenters. The van der Waals surface area contributed by atoms with Crippen molar-refractivity contribution < 1.29 is 4.74 Å². The summed E-state index contributed by atoms with van der Waals surface area (Å²) in [6, 6.07) is 16.0. The molecule has 0 saturated carbocycles. The summed E-state index contributed by atoms with van der Waals surface area (Å²) < 4.78 is 5.03. The van der Waals surface area contributed by atoms with Crippen LogP contribution in [0.25, 0.3) is 11.1 Å². The van der Waals surface area contributed by atoms with Crippen molar-refractivity contribution in [3.8, 4) is 23.1 Å². The van der Waals surface area contributed by atoms with Crippen LogP contribution in [0.2, 0.25) is 0 Å². The molecular formula is C16H15NO. The Bertz CT molecular complexity index is 555. The van der Waals surface area contributed by atoms with Crippen LogP contribution < -0.4 is 4.74 Å². The predicted octanol–water partition coefficient (Wildman–Crippen LogP) is 4.17. The van der Waals surface area contributed by atoms with E-state index in [2.05, 4.69) is 13.0 Å². The zero-order chi connectivity index (χ0) is 12.8. The molecule has 0 fully saturated rings. The molecule has 0 aliphatic rings. The first-order valence-electron chi connectivity index (χ1n) is 6.09. The summed E-state index contributed by atoms with van der Waals surface area (Å²) in [4.78, 5) is 0. The van der Waals surface area contributed by atoms with E-state index in [1.54, 1.807) is 6.26 Å². The number of rotatable bonds is 4. The lowest BCUT2D eigenvalue weighted by atomic mass is 10.00. The highest BCUT2D eigenvalue weighted by atomic mass is 16.5.